The van der Waals surface area contributed by atoms with Crippen LogP contribution in [0.25, 0.3) is 0 Å². The number of esters is 1. The number of aromatic amines is 1. The minimum absolute atomic E-state index is 0.190. The third kappa shape index (κ3) is 3.62. The molecule has 2 N–H and O–H groups in total. The Hall–Kier alpha value is -1.78. The topological polar surface area (TPSA) is 71.2 Å². The van der Waals surface area contributed by atoms with Gasteiger partial charge in [0.25, 0.3) is 5.91 Å². The van der Waals surface area contributed by atoms with Gasteiger partial charge in [-0.1, -0.05) is 26.7 Å². The maximum absolute atomic E-state index is 11.8. The summed E-state index contributed by atoms with van der Waals surface area (Å²) >= 11 is 0. The lowest BCUT2D eigenvalue weighted by atomic mass is 9.78. The van der Waals surface area contributed by atoms with Crippen molar-refractivity contribution in [3.05, 3.63) is 24.0 Å². The molecule has 5 heteroatoms. The zero-order chi connectivity index (χ0) is 14.5. The first-order chi connectivity index (χ1) is 9.58. The molecule has 1 aliphatic rings. The molecule has 2 rings (SSSR count). The zero-order valence-corrected chi connectivity index (χ0v) is 12.0. The third-order valence-corrected chi connectivity index (χ3v) is 4.21. The first-order valence-corrected chi connectivity index (χ1v) is 7.18. The number of aromatic nitrogens is 1. The molecule has 110 valence electrons. The van der Waals surface area contributed by atoms with Crippen LogP contribution in [-0.2, 0) is 9.53 Å². The summed E-state index contributed by atoms with van der Waals surface area (Å²) in [6.45, 7) is 4.16. The van der Waals surface area contributed by atoms with Gasteiger partial charge in [-0.3, -0.25) is 4.79 Å². The number of H-pyrrole nitrogens is 1. The summed E-state index contributed by atoms with van der Waals surface area (Å²) < 4.78 is 4.97. The number of carbonyl (C=O) groups excluding carboxylic acids is 2. The number of hydrogen-bond acceptors (Lipinski definition) is 3. The summed E-state index contributed by atoms with van der Waals surface area (Å²) in [5, 5.41) is 2.97. The van der Waals surface area contributed by atoms with E-state index in [-0.39, 0.29) is 18.6 Å². The highest BCUT2D eigenvalue weighted by molar-refractivity contribution is 5.89. The van der Waals surface area contributed by atoms with Gasteiger partial charge >= 0.3 is 5.97 Å². The van der Waals surface area contributed by atoms with E-state index in [0.717, 1.165) is 12.8 Å². The minimum atomic E-state index is -0.504. The third-order valence-electron chi connectivity index (χ3n) is 4.21. The fourth-order valence-corrected chi connectivity index (χ4v) is 2.70. The minimum Gasteiger partial charge on any atom is -0.451 e. The average Bonchev–Trinajstić information content (AvgIpc) is 2.95. The Labute approximate surface area is 119 Å². The van der Waals surface area contributed by atoms with Gasteiger partial charge < -0.3 is 15.0 Å². The summed E-state index contributed by atoms with van der Waals surface area (Å²) in [5.41, 5.74) is 0.359. The molecule has 0 saturated heterocycles. The van der Waals surface area contributed by atoms with E-state index in [1.807, 2.05) is 0 Å². The van der Waals surface area contributed by atoms with Crippen molar-refractivity contribution >= 4 is 11.9 Å². The molecule has 3 atom stereocenters. The fraction of sp³-hybridized carbons (Fsp3) is 0.600. The van der Waals surface area contributed by atoms with Crippen molar-refractivity contribution in [3.63, 3.8) is 0 Å². The first kappa shape index (κ1) is 14.6. The second kappa shape index (κ2) is 6.59. The highest BCUT2D eigenvalue weighted by Gasteiger charge is 2.28. The van der Waals surface area contributed by atoms with Crippen LogP contribution in [-0.4, -0.2) is 29.5 Å². The molecular formula is C15H22N2O3. The zero-order valence-electron chi connectivity index (χ0n) is 12.0. The van der Waals surface area contributed by atoms with Crippen LogP contribution in [0.5, 0.6) is 0 Å². The van der Waals surface area contributed by atoms with Gasteiger partial charge in [0.05, 0.1) is 0 Å². The maximum Gasteiger partial charge on any atom is 0.355 e. The van der Waals surface area contributed by atoms with Crippen molar-refractivity contribution in [2.75, 3.05) is 6.61 Å². The number of ether oxygens (including phenoxy) is 1. The number of nitrogens with one attached hydrogen (secondary N) is 2. The molecule has 1 aliphatic carbocycles. The molecule has 1 saturated carbocycles. The van der Waals surface area contributed by atoms with E-state index < -0.39 is 5.97 Å². The lowest BCUT2D eigenvalue weighted by Gasteiger charge is -2.34. The van der Waals surface area contributed by atoms with Crippen LogP contribution in [0.4, 0.5) is 0 Å². The van der Waals surface area contributed by atoms with Crippen molar-refractivity contribution in [1.82, 2.24) is 10.3 Å². The number of hydrogen-bond donors (Lipinski definition) is 2. The van der Waals surface area contributed by atoms with Crippen LogP contribution in [0.1, 0.15) is 43.6 Å². The average molecular weight is 278 g/mol. The molecule has 0 aromatic carbocycles. The van der Waals surface area contributed by atoms with Gasteiger partial charge in [0.15, 0.2) is 6.61 Å². The Bertz CT molecular complexity index is 456. The molecule has 0 bridgehead atoms. The Kier molecular flexibility index (Phi) is 4.82. The highest BCUT2D eigenvalue weighted by atomic mass is 16.5. The van der Waals surface area contributed by atoms with Crippen LogP contribution < -0.4 is 5.32 Å². The van der Waals surface area contributed by atoms with Crippen LogP contribution in [0, 0.1) is 11.8 Å². The van der Waals surface area contributed by atoms with Gasteiger partial charge in [-0.05, 0) is 30.4 Å². The lowest BCUT2D eigenvalue weighted by molar-refractivity contribution is -0.125. The number of carbonyl (C=O) groups is 2. The van der Waals surface area contributed by atoms with Gasteiger partial charge in [0, 0.05) is 12.2 Å². The van der Waals surface area contributed by atoms with Crippen molar-refractivity contribution in [2.24, 2.45) is 11.8 Å². The Morgan fingerprint density at radius 1 is 1.40 bits per heavy atom. The van der Waals surface area contributed by atoms with Gasteiger partial charge in [0.2, 0.25) is 0 Å². The van der Waals surface area contributed by atoms with E-state index in [9.17, 15) is 9.59 Å². The van der Waals surface area contributed by atoms with E-state index in [0.29, 0.717) is 17.5 Å². The van der Waals surface area contributed by atoms with Crippen molar-refractivity contribution in [1.29, 1.82) is 0 Å². The molecule has 1 aromatic heterocycles. The molecular weight excluding hydrogens is 256 g/mol. The van der Waals surface area contributed by atoms with Gasteiger partial charge in [-0.2, -0.15) is 0 Å². The molecule has 1 aromatic rings. The monoisotopic (exact) mass is 278 g/mol. The summed E-state index contributed by atoms with van der Waals surface area (Å²) in [4.78, 5) is 26.2. The van der Waals surface area contributed by atoms with Crippen LogP contribution in [0.3, 0.4) is 0 Å². The van der Waals surface area contributed by atoms with E-state index in [1.165, 1.54) is 6.42 Å². The smallest absolute Gasteiger partial charge is 0.355 e. The SMILES string of the molecule is C[C@H]1[C@H](C)CCC[C@@H]1NC(=O)COC(=O)c1ccc[nH]1. The molecule has 1 fully saturated rings. The summed E-state index contributed by atoms with van der Waals surface area (Å²) in [5.74, 6) is 0.355. The van der Waals surface area contributed by atoms with Crippen molar-refractivity contribution < 1.29 is 14.3 Å². The predicted octanol–water partition coefficient (Wildman–Crippen LogP) is 2.11. The standard InChI is InChI=1S/C15H22N2O3/c1-10-5-3-6-12(11(10)2)17-14(18)9-20-15(19)13-7-4-8-16-13/h4,7-8,10-12,16H,3,5-6,9H2,1-2H3,(H,17,18)/t10-,11+,12+/m1/s1. The van der Waals surface area contributed by atoms with E-state index >= 15 is 0 Å². The first-order valence-electron chi connectivity index (χ1n) is 7.18. The molecule has 0 aliphatic heterocycles. The van der Waals surface area contributed by atoms with E-state index in [1.54, 1.807) is 18.3 Å². The Morgan fingerprint density at radius 3 is 2.90 bits per heavy atom. The van der Waals surface area contributed by atoms with Crippen molar-refractivity contribution in [2.45, 2.75) is 39.2 Å². The summed E-state index contributed by atoms with van der Waals surface area (Å²) in [6.07, 6.45) is 5.00. The molecule has 0 spiro atoms. The largest absolute Gasteiger partial charge is 0.451 e. The second-order valence-corrected chi connectivity index (χ2v) is 5.60. The second-order valence-electron chi connectivity index (χ2n) is 5.60. The normalized spacial score (nSPS) is 26.0. The lowest BCUT2D eigenvalue weighted by Crippen LogP contribution is -2.45. The van der Waals surface area contributed by atoms with Crippen LogP contribution in [0.2, 0.25) is 0 Å². The predicted molar refractivity (Wildman–Crippen MR) is 75.2 cm³/mol. The number of rotatable bonds is 4. The molecule has 1 amide bonds. The van der Waals surface area contributed by atoms with Crippen LogP contribution in [0.15, 0.2) is 18.3 Å². The van der Waals surface area contributed by atoms with Crippen molar-refractivity contribution in [3.8, 4) is 0 Å². The van der Waals surface area contributed by atoms with Gasteiger partial charge in [-0.15, -0.1) is 0 Å². The fourth-order valence-electron chi connectivity index (χ4n) is 2.70. The quantitative estimate of drug-likeness (QED) is 0.829. The highest BCUT2D eigenvalue weighted by Crippen LogP contribution is 2.29. The molecule has 5 nitrogen and oxygen atoms in total. The van der Waals surface area contributed by atoms with Crippen LogP contribution >= 0.6 is 0 Å². The van der Waals surface area contributed by atoms with E-state index in [4.69, 9.17) is 4.74 Å². The maximum atomic E-state index is 11.8. The number of amides is 1. The molecule has 0 unspecified atom stereocenters. The molecule has 0 radical (unpaired) electrons. The van der Waals surface area contributed by atoms with E-state index in [2.05, 4.69) is 24.1 Å². The van der Waals surface area contributed by atoms with Gasteiger partial charge in [-0.25, -0.2) is 4.79 Å². The summed E-state index contributed by atoms with van der Waals surface area (Å²) in [7, 11) is 0. The Balaban J connectivity index is 1.76. The Morgan fingerprint density at radius 2 is 2.20 bits per heavy atom. The molecule has 20 heavy (non-hydrogen) atoms. The summed E-state index contributed by atoms with van der Waals surface area (Å²) in [6, 6.07) is 3.52. The molecule has 1 heterocycles. The van der Waals surface area contributed by atoms with Gasteiger partial charge in [0.1, 0.15) is 5.69 Å².